The molecule has 0 aliphatic carbocycles. The molecule has 0 aliphatic rings. The fraction of sp³-hybridized carbons (Fsp3) is 0.227. The lowest BCUT2D eigenvalue weighted by Gasteiger charge is -2.08. The van der Waals surface area contributed by atoms with Gasteiger partial charge in [0.1, 0.15) is 23.1 Å². The van der Waals surface area contributed by atoms with Crippen molar-refractivity contribution in [2.75, 3.05) is 25.7 Å². The molecule has 0 radical (unpaired) electrons. The monoisotopic (exact) mass is 471 g/mol. The normalized spacial score (nSPS) is 11.0. The van der Waals surface area contributed by atoms with Crippen molar-refractivity contribution < 1.29 is 17.9 Å². The number of aromatic amines is 1. The highest BCUT2D eigenvalue weighted by molar-refractivity contribution is 7.99. The maximum absolute atomic E-state index is 12.3. The van der Waals surface area contributed by atoms with Gasteiger partial charge in [0.05, 0.1) is 24.3 Å². The maximum atomic E-state index is 12.3. The third-order valence-corrected chi connectivity index (χ3v) is 6.51. The second-order valence-corrected chi connectivity index (χ2v) is 9.83. The molecule has 0 aliphatic heterocycles. The van der Waals surface area contributed by atoms with E-state index in [4.69, 9.17) is 9.47 Å². The summed E-state index contributed by atoms with van der Waals surface area (Å²) in [6.45, 7) is 0.414. The highest BCUT2D eigenvalue weighted by atomic mass is 32.2. The van der Waals surface area contributed by atoms with Gasteiger partial charge in [0, 0.05) is 17.6 Å². The van der Waals surface area contributed by atoms with E-state index in [9.17, 15) is 18.5 Å². The highest BCUT2D eigenvalue weighted by Crippen LogP contribution is 2.24. The molecule has 1 aromatic heterocycles. The number of aromatic nitrogens is 2. The maximum Gasteiger partial charge on any atom is 0.270 e. The van der Waals surface area contributed by atoms with Crippen LogP contribution in [0.25, 0.3) is 11.3 Å². The molecule has 32 heavy (non-hydrogen) atoms. The third-order valence-electron chi connectivity index (χ3n) is 4.42. The van der Waals surface area contributed by atoms with Gasteiger partial charge >= 0.3 is 0 Å². The van der Waals surface area contributed by atoms with Crippen LogP contribution in [0.5, 0.6) is 11.5 Å². The minimum absolute atomic E-state index is 0.0413. The summed E-state index contributed by atoms with van der Waals surface area (Å²) in [6.07, 6.45) is 1.82. The number of methoxy groups -OCH3 is 1. The van der Waals surface area contributed by atoms with Crippen molar-refractivity contribution in [3.63, 3.8) is 0 Å². The van der Waals surface area contributed by atoms with Gasteiger partial charge in [0.2, 0.25) is 0 Å². The number of sulfone groups is 1. The van der Waals surface area contributed by atoms with Crippen LogP contribution < -0.4 is 15.0 Å². The van der Waals surface area contributed by atoms with Crippen molar-refractivity contribution in [3.05, 3.63) is 64.4 Å². The van der Waals surface area contributed by atoms with Crippen LogP contribution in [-0.2, 0) is 9.84 Å². The van der Waals surface area contributed by atoms with Gasteiger partial charge in [-0.3, -0.25) is 4.79 Å². The van der Waals surface area contributed by atoms with E-state index >= 15 is 0 Å². The molecule has 3 rings (SSSR count). The number of thioether (sulfide) groups is 1. The minimum Gasteiger partial charge on any atom is -0.497 e. The number of nitrogens with zero attached hydrogens (tertiary/aromatic N) is 2. The van der Waals surface area contributed by atoms with Crippen LogP contribution in [0.4, 0.5) is 0 Å². The Morgan fingerprint density at radius 1 is 1.09 bits per heavy atom. The first-order chi connectivity index (χ1) is 15.3. The lowest BCUT2D eigenvalue weighted by Crippen LogP contribution is -2.15. The summed E-state index contributed by atoms with van der Waals surface area (Å²) in [6, 6.07) is 15.1. The lowest BCUT2D eigenvalue weighted by atomic mass is 10.1. The Kier molecular flexibility index (Phi) is 7.56. The van der Waals surface area contributed by atoms with Crippen molar-refractivity contribution in [1.29, 1.82) is 5.26 Å². The Bertz CT molecular complexity index is 1280. The molecule has 0 amide bonds. The molecule has 166 valence electrons. The van der Waals surface area contributed by atoms with E-state index in [0.29, 0.717) is 46.7 Å². The van der Waals surface area contributed by atoms with Crippen LogP contribution in [0.3, 0.4) is 0 Å². The van der Waals surface area contributed by atoms with Crippen molar-refractivity contribution in [2.24, 2.45) is 0 Å². The number of hydrogen-bond acceptors (Lipinski definition) is 8. The fourth-order valence-corrected chi connectivity index (χ4v) is 4.19. The molecule has 0 spiro atoms. The van der Waals surface area contributed by atoms with E-state index in [1.807, 2.05) is 6.07 Å². The number of benzene rings is 2. The van der Waals surface area contributed by atoms with Crippen LogP contribution in [0, 0.1) is 11.3 Å². The highest BCUT2D eigenvalue weighted by Gasteiger charge is 2.14. The van der Waals surface area contributed by atoms with Gasteiger partial charge in [-0.25, -0.2) is 13.4 Å². The van der Waals surface area contributed by atoms with Gasteiger partial charge in [0.15, 0.2) is 15.0 Å². The number of rotatable bonds is 9. The van der Waals surface area contributed by atoms with Crippen LogP contribution in [0.15, 0.2) is 63.4 Å². The summed E-state index contributed by atoms with van der Waals surface area (Å²) in [5.41, 5.74) is 0.443. The summed E-state index contributed by atoms with van der Waals surface area (Å²) >= 11 is 1.35. The quantitative estimate of drug-likeness (QED) is 0.287. The topological polar surface area (TPSA) is 122 Å². The van der Waals surface area contributed by atoms with Gasteiger partial charge in [-0.1, -0.05) is 11.8 Å². The molecular formula is C22H21N3O5S2. The Balaban J connectivity index is 1.61. The Labute approximate surface area is 190 Å². The summed E-state index contributed by atoms with van der Waals surface area (Å²) in [5.74, 6) is 1.87. The Morgan fingerprint density at radius 3 is 2.34 bits per heavy atom. The summed E-state index contributed by atoms with van der Waals surface area (Å²) < 4.78 is 33.7. The van der Waals surface area contributed by atoms with E-state index in [1.54, 1.807) is 43.5 Å². The molecule has 0 saturated heterocycles. The van der Waals surface area contributed by atoms with Crippen LogP contribution in [0.1, 0.15) is 12.0 Å². The zero-order valence-electron chi connectivity index (χ0n) is 17.5. The van der Waals surface area contributed by atoms with Crippen molar-refractivity contribution in [3.8, 4) is 28.8 Å². The molecule has 0 fully saturated rings. The second-order valence-electron chi connectivity index (χ2n) is 6.73. The first-order valence-corrected chi connectivity index (χ1v) is 12.4. The van der Waals surface area contributed by atoms with E-state index in [1.165, 1.54) is 23.9 Å². The van der Waals surface area contributed by atoms with Crippen molar-refractivity contribution in [2.45, 2.75) is 16.5 Å². The second kappa shape index (κ2) is 10.3. The first-order valence-electron chi connectivity index (χ1n) is 9.56. The average Bonchev–Trinajstić information content (AvgIpc) is 2.78. The largest absolute Gasteiger partial charge is 0.497 e. The predicted molar refractivity (Wildman–Crippen MR) is 122 cm³/mol. The number of nitriles is 1. The van der Waals surface area contributed by atoms with Crippen LogP contribution >= 0.6 is 11.8 Å². The van der Waals surface area contributed by atoms with Crippen LogP contribution in [0.2, 0.25) is 0 Å². The predicted octanol–water partition coefficient (Wildman–Crippen LogP) is 3.28. The SMILES string of the molecule is COc1ccc(-c2nc(SCCCOc3ccc(S(C)(=O)=O)cc3)[nH]c(=O)c2C#N)cc1. The Hall–Kier alpha value is -3.29. The van der Waals surface area contributed by atoms with E-state index in [-0.39, 0.29) is 10.5 Å². The van der Waals surface area contributed by atoms with Gasteiger partial charge in [-0.2, -0.15) is 5.26 Å². The van der Waals surface area contributed by atoms with E-state index in [2.05, 4.69) is 9.97 Å². The molecule has 2 aromatic carbocycles. The van der Waals surface area contributed by atoms with Crippen molar-refractivity contribution >= 4 is 21.6 Å². The first kappa shape index (κ1) is 23.4. The van der Waals surface area contributed by atoms with E-state index < -0.39 is 15.4 Å². The number of H-pyrrole nitrogens is 1. The summed E-state index contributed by atoms with van der Waals surface area (Å²) in [4.78, 5) is 19.7. The Morgan fingerprint density at radius 2 is 1.75 bits per heavy atom. The molecule has 10 heteroatoms. The average molecular weight is 472 g/mol. The van der Waals surface area contributed by atoms with Crippen LogP contribution in [-0.4, -0.2) is 44.1 Å². The third kappa shape index (κ3) is 5.90. The molecule has 8 nitrogen and oxygen atoms in total. The standard InChI is InChI=1S/C22H21N3O5S2/c1-29-16-6-4-15(5-7-16)20-19(14-23)21(26)25-22(24-20)31-13-3-12-30-17-8-10-18(11-9-17)32(2,27)28/h4-11H,3,12-13H2,1-2H3,(H,24,25,26). The zero-order chi connectivity index (χ0) is 23.1. The molecule has 3 aromatic rings. The minimum atomic E-state index is -3.24. The molecule has 0 unspecified atom stereocenters. The summed E-state index contributed by atoms with van der Waals surface area (Å²) in [7, 11) is -1.68. The van der Waals surface area contributed by atoms with Crippen molar-refractivity contribution in [1.82, 2.24) is 9.97 Å². The zero-order valence-corrected chi connectivity index (χ0v) is 19.1. The van der Waals surface area contributed by atoms with Gasteiger partial charge in [0.25, 0.3) is 5.56 Å². The van der Waals surface area contributed by atoms with Gasteiger partial charge in [-0.05, 0) is 55.0 Å². The molecular weight excluding hydrogens is 450 g/mol. The molecule has 0 saturated carbocycles. The molecule has 0 bridgehead atoms. The van der Waals surface area contributed by atoms with Gasteiger partial charge in [-0.15, -0.1) is 0 Å². The molecule has 0 atom stereocenters. The number of ether oxygens (including phenoxy) is 2. The number of hydrogen-bond donors (Lipinski definition) is 1. The molecule has 1 heterocycles. The van der Waals surface area contributed by atoms with E-state index in [0.717, 1.165) is 6.26 Å². The van der Waals surface area contributed by atoms with Gasteiger partial charge < -0.3 is 14.5 Å². The molecule has 1 N–H and O–H groups in total. The fourth-order valence-electron chi connectivity index (χ4n) is 2.78. The smallest absolute Gasteiger partial charge is 0.270 e. The number of nitrogens with one attached hydrogen (secondary N) is 1. The summed E-state index contributed by atoms with van der Waals surface area (Å²) in [5, 5.41) is 9.79. The lowest BCUT2D eigenvalue weighted by molar-refractivity contribution is 0.318.